The Labute approximate surface area is 95.3 Å². The summed E-state index contributed by atoms with van der Waals surface area (Å²) in [4.78, 5) is 6.81. The summed E-state index contributed by atoms with van der Waals surface area (Å²) in [7, 11) is 0. The van der Waals surface area contributed by atoms with Gasteiger partial charge in [-0.15, -0.1) is 11.3 Å². The Kier molecular flexibility index (Phi) is 3.26. The molecule has 4 heteroatoms. The summed E-state index contributed by atoms with van der Waals surface area (Å²) in [5.74, 6) is 0.934. The van der Waals surface area contributed by atoms with Gasteiger partial charge in [-0.1, -0.05) is 0 Å². The highest BCUT2D eigenvalue weighted by Crippen LogP contribution is 2.30. The first-order valence-electron chi connectivity index (χ1n) is 5.59. The molecule has 2 rings (SSSR count). The van der Waals surface area contributed by atoms with Crippen molar-refractivity contribution in [1.82, 2.24) is 9.88 Å². The summed E-state index contributed by atoms with van der Waals surface area (Å²) in [5, 5.41) is 2.75. The standard InChI is InChI=1S/C11H19N3S/c1-8(2)14(5-9-3-4-9)6-10-7-15-11(12)13-10/h7-9H,3-6H2,1-2H3,(H2,12,13). The van der Waals surface area contributed by atoms with Crippen LogP contribution >= 0.6 is 11.3 Å². The monoisotopic (exact) mass is 225 g/mol. The number of aromatic nitrogens is 1. The first kappa shape index (κ1) is 10.9. The maximum atomic E-state index is 5.63. The van der Waals surface area contributed by atoms with E-state index in [4.69, 9.17) is 5.73 Å². The van der Waals surface area contributed by atoms with Gasteiger partial charge in [-0.3, -0.25) is 4.90 Å². The molecule has 0 radical (unpaired) electrons. The predicted molar refractivity (Wildman–Crippen MR) is 64.8 cm³/mol. The van der Waals surface area contributed by atoms with Crippen molar-refractivity contribution in [3.63, 3.8) is 0 Å². The Balaban J connectivity index is 1.92. The molecule has 0 aromatic carbocycles. The highest BCUT2D eigenvalue weighted by molar-refractivity contribution is 7.13. The van der Waals surface area contributed by atoms with Crippen LogP contribution in [0.5, 0.6) is 0 Å². The molecule has 0 spiro atoms. The van der Waals surface area contributed by atoms with E-state index in [9.17, 15) is 0 Å². The van der Waals surface area contributed by atoms with E-state index >= 15 is 0 Å². The van der Waals surface area contributed by atoms with Gasteiger partial charge in [0.25, 0.3) is 0 Å². The molecule has 0 atom stereocenters. The lowest BCUT2D eigenvalue weighted by Crippen LogP contribution is -2.32. The number of nitrogen functional groups attached to an aromatic ring is 1. The average molecular weight is 225 g/mol. The molecule has 1 aromatic heterocycles. The second kappa shape index (κ2) is 4.49. The second-order valence-electron chi connectivity index (χ2n) is 4.64. The number of nitrogens with two attached hydrogens (primary N) is 1. The third-order valence-electron chi connectivity index (χ3n) is 2.85. The highest BCUT2D eigenvalue weighted by atomic mass is 32.1. The Morgan fingerprint density at radius 3 is 2.80 bits per heavy atom. The van der Waals surface area contributed by atoms with E-state index in [1.54, 1.807) is 0 Å². The SMILES string of the molecule is CC(C)N(Cc1csc(N)n1)CC1CC1. The number of thiazole rings is 1. The van der Waals surface area contributed by atoms with Crippen LogP contribution in [0, 0.1) is 5.92 Å². The van der Waals surface area contributed by atoms with Crippen LogP contribution in [0.4, 0.5) is 5.13 Å². The van der Waals surface area contributed by atoms with Crippen molar-refractivity contribution < 1.29 is 0 Å². The first-order valence-corrected chi connectivity index (χ1v) is 6.47. The number of hydrogen-bond acceptors (Lipinski definition) is 4. The molecule has 0 unspecified atom stereocenters. The zero-order valence-corrected chi connectivity index (χ0v) is 10.3. The maximum absolute atomic E-state index is 5.63. The normalized spacial score (nSPS) is 16.5. The first-order chi connectivity index (χ1) is 7.15. The van der Waals surface area contributed by atoms with Crippen LogP contribution in [0.2, 0.25) is 0 Å². The minimum Gasteiger partial charge on any atom is -0.375 e. The molecule has 1 saturated carbocycles. The van der Waals surface area contributed by atoms with E-state index in [1.165, 1.54) is 30.7 Å². The van der Waals surface area contributed by atoms with Crippen LogP contribution in [0.3, 0.4) is 0 Å². The minimum atomic E-state index is 0.591. The molecule has 1 heterocycles. The summed E-state index contributed by atoms with van der Waals surface area (Å²) in [5.41, 5.74) is 6.75. The molecule has 0 saturated heterocycles. The van der Waals surface area contributed by atoms with Crippen molar-refractivity contribution in [1.29, 1.82) is 0 Å². The van der Waals surface area contributed by atoms with Crippen LogP contribution in [-0.2, 0) is 6.54 Å². The molecule has 0 aliphatic heterocycles. The molecule has 2 N–H and O–H groups in total. The number of hydrogen-bond donors (Lipinski definition) is 1. The fraction of sp³-hybridized carbons (Fsp3) is 0.727. The topological polar surface area (TPSA) is 42.1 Å². The van der Waals surface area contributed by atoms with E-state index < -0.39 is 0 Å². The molecule has 0 amide bonds. The zero-order chi connectivity index (χ0) is 10.8. The van der Waals surface area contributed by atoms with Gasteiger partial charge in [-0.25, -0.2) is 4.98 Å². The molecule has 1 fully saturated rings. The Hall–Kier alpha value is -0.610. The summed E-state index contributed by atoms with van der Waals surface area (Å²) in [6, 6.07) is 0.591. The van der Waals surface area contributed by atoms with Crippen LogP contribution in [0.1, 0.15) is 32.4 Å². The quantitative estimate of drug-likeness (QED) is 0.836. The van der Waals surface area contributed by atoms with Gasteiger partial charge >= 0.3 is 0 Å². The van der Waals surface area contributed by atoms with Gasteiger partial charge in [-0.2, -0.15) is 0 Å². The molecule has 3 nitrogen and oxygen atoms in total. The number of nitrogens with zero attached hydrogens (tertiary/aromatic N) is 2. The van der Waals surface area contributed by atoms with Crippen LogP contribution < -0.4 is 5.73 Å². The summed E-state index contributed by atoms with van der Waals surface area (Å²) >= 11 is 1.53. The number of rotatable bonds is 5. The molecule has 1 aromatic rings. The van der Waals surface area contributed by atoms with Crippen molar-refractivity contribution in [3.05, 3.63) is 11.1 Å². The van der Waals surface area contributed by atoms with Crippen molar-refractivity contribution in [3.8, 4) is 0 Å². The van der Waals surface area contributed by atoms with E-state index in [-0.39, 0.29) is 0 Å². The fourth-order valence-electron chi connectivity index (χ4n) is 1.69. The van der Waals surface area contributed by atoms with E-state index in [1.807, 2.05) is 0 Å². The molecule has 1 aliphatic carbocycles. The third-order valence-corrected chi connectivity index (χ3v) is 3.58. The third kappa shape index (κ3) is 3.18. The minimum absolute atomic E-state index is 0.591. The lowest BCUT2D eigenvalue weighted by molar-refractivity contribution is 0.202. The lowest BCUT2D eigenvalue weighted by Gasteiger charge is -2.25. The van der Waals surface area contributed by atoms with Gasteiger partial charge in [0.05, 0.1) is 5.69 Å². The molecule has 15 heavy (non-hydrogen) atoms. The van der Waals surface area contributed by atoms with Gasteiger partial charge in [0.1, 0.15) is 0 Å². The van der Waals surface area contributed by atoms with E-state index in [2.05, 4.69) is 29.1 Å². The predicted octanol–water partition coefficient (Wildman–Crippen LogP) is 2.35. The average Bonchev–Trinajstić information content (AvgIpc) is 2.89. The van der Waals surface area contributed by atoms with Crippen molar-refractivity contribution >= 4 is 16.5 Å². The van der Waals surface area contributed by atoms with Gasteiger partial charge < -0.3 is 5.73 Å². The Bertz CT molecular complexity index is 317. The lowest BCUT2D eigenvalue weighted by atomic mass is 10.2. The number of anilines is 1. The molecule has 84 valence electrons. The maximum Gasteiger partial charge on any atom is 0.180 e. The van der Waals surface area contributed by atoms with Crippen LogP contribution in [0.25, 0.3) is 0 Å². The smallest absolute Gasteiger partial charge is 0.180 e. The van der Waals surface area contributed by atoms with E-state index in [0.29, 0.717) is 11.2 Å². The van der Waals surface area contributed by atoms with Crippen molar-refractivity contribution in [2.24, 2.45) is 5.92 Å². The van der Waals surface area contributed by atoms with Gasteiger partial charge in [0.2, 0.25) is 0 Å². The molecular weight excluding hydrogens is 206 g/mol. The van der Waals surface area contributed by atoms with Gasteiger partial charge in [0.15, 0.2) is 5.13 Å². The Morgan fingerprint density at radius 2 is 2.33 bits per heavy atom. The summed E-state index contributed by atoms with van der Waals surface area (Å²) in [6.07, 6.45) is 2.81. The van der Waals surface area contributed by atoms with Crippen LogP contribution in [-0.4, -0.2) is 22.5 Å². The van der Waals surface area contributed by atoms with Crippen molar-refractivity contribution in [2.75, 3.05) is 12.3 Å². The largest absolute Gasteiger partial charge is 0.375 e. The zero-order valence-electron chi connectivity index (χ0n) is 9.44. The summed E-state index contributed by atoms with van der Waals surface area (Å²) in [6.45, 7) is 6.66. The molecule has 0 bridgehead atoms. The van der Waals surface area contributed by atoms with E-state index in [0.717, 1.165) is 18.2 Å². The Morgan fingerprint density at radius 1 is 1.60 bits per heavy atom. The molecular formula is C11H19N3S. The van der Waals surface area contributed by atoms with Crippen LogP contribution in [0.15, 0.2) is 5.38 Å². The molecule has 1 aliphatic rings. The van der Waals surface area contributed by atoms with Gasteiger partial charge in [0, 0.05) is 24.5 Å². The van der Waals surface area contributed by atoms with Crippen molar-refractivity contribution in [2.45, 2.75) is 39.3 Å². The summed E-state index contributed by atoms with van der Waals surface area (Å²) < 4.78 is 0. The fourth-order valence-corrected chi connectivity index (χ4v) is 2.25. The van der Waals surface area contributed by atoms with Gasteiger partial charge in [-0.05, 0) is 32.6 Å². The highest BCUT2D eigenvalue weighted by Gasteiger charge is 2.25. The second-order valence-corrected chi connectivity index (χ2v) is 5.53.